The number of halogens is 2. The molecule has 16 heavy (non-hydrogen) atoms. The standard InChI is InChI=1S/2C5H5.C3H6Cl2.Zr/c2*1-2-4-5-3-1;4-2-1-3-5;/h2*1-3H,4H2;1-3H2;/q2*-1;;+2. The number of alkyl halides is 2. The number of hydrogen-bond acceptors (Lipinski definition) is 0. The minimum Gasteiger partial charge on any atom is -0.273 e. The molecule has 0 unspecified atom stereocenters. The molecule has 0 saturated heterocycles. The van der Waals surface area contributed by atoms with Crippen LogP contribution in [-0.2, 0) is 26.2 Å². The Morgan fingerprint density at radius 2 is 1.31 bits per heavy atom. The van der Waals surface area contributed by atoms with Crippen LogP contribution in [-0.4, -0.2) is 11.8 Å². The van der Waals surface area contributed by atoms with Crippen LogP contribution in [0.3, 0.4) is 0 Å². The average molecular weight is 334 g/mol. The molecule has 0 spiro atoms. The van der Waals surface area contributed by atoms with Crippen molar-refractivity contribution in [2.45, 2.75) is 19.3 Å². The molecule has 3 heteroatoms. The molecular weight excluding hydrogens is 318 g/mol. The Labute approximate surface area is 128 Å². The molecule has 0 aromatic heterocycles. The van der Waals surface area contributed by atoms with Crippen LogP contribution < -0.4 is 0 Å². The molecule has 0 amide bonds. The smallest absolute Gasteiger partial charge is 0.273 e. The van der Waals surface area contributed by atoms with Crippen LogP contribution >= 0.6 is 23.2 Å². The van der Waals surface area contributed by atoms with Crippen molar-refractivity contribution in [1.29, 1.82) is 0 Å². The first kappa shape index (κ1) is 18.8. The van der Waals surface area contributed by atoms with E-state index in [1.165, 1.54) is 0 Å². The van der Waals surface area contributed by atoms with Crippen LogP contribution in [0.1, 0.15) is 19.3 Å². The van der Waals surface area contributed by atoms with Crippen molar-refractivity contribution in [2.75, 3.05) is 11.8 Å². The van der Waals surface area contributed by atoms with Crippen molar-refractivity contribution in [2.24, 2.45) is 0 Å². The van der Waals surface area contributed by atoms with E-state index in [0.29, 0.717) is 11.8 Å². The summed E-state index contributed by atoms with van der Waals surface area (Å²) < 4.78 is 0. The quantitative estimate of drug-likeness (QED) is 0.516. The Morgan fingerprint density at radius 3 is 1.38 bits per heavy atom. The summed E-state index contributed by atoms with van der Waals surface area (Å²) in [5.41, 5.74) is 0. The summed E-state index contributed by atoms with van der Waals surface area (Å²) >= 11 is 10.4. The minimum atomic E-state index is 0. The summed E-state index contributed by atoms with van der Waals surface area (Å²) in [5.74, 6) is 1.37. The zero-order valence-electron chi connectivity index (χ0n) is 9.26. The van der Waals surface area contributed by atoms with Crippen LogP contribution in [0.2, 0.25) is 0 Å². The molecule has 0 N–H and O–H groups in total. The van der Waals surface area contributed by atoms with Gasteiger partial charge in [0.1, 0.15) is 0 Å². The van der Waals surface area contributed by atoms with E-state index in [0.717, 1.165) is 19.3 Å². The molecule has 2 aliphatic carbocycles. The van der Waals surface area contributed by atoms with Gasteiger partial charge >= 0.3 is 26.2 Å². The fraction of sp³-hybridized carbons (Fsp3) is 0.385. The predicted molar refractivity (Wildman–Crippen MR) is 69.2 cm³/mol. The molecule has 0 radical (unpaired) electrons. The third-order valence-corrected chi connectivity index (χ3v) is 1.97. The van der Waals surface area contributed by atoms with Crippen molar-refractivity contribution in [3.05, 3.63) is 48.6 Å². The van der Waals surface area contributed by atoms with Crippen LogP contribution in [0.4, 0.5) is 0 Å². The van der Waals surface area contributed by atoms with E-state index in [1.807, 2.05) is 24.3 Å². The maximum Gasteiger partial charge on any atom is 2.00 e. The van der Waals surface area contributed by atoms with Crippen LogP contribution in [0.5, 0.6) is 0 Å². The molecule has 0 heterocycles. The summed E-state index contributed by atoms with van der Waals surface area (Å²) in [4.78, 5) is 0. The van der Waals surface area contributed by atoms with E-state index >= 15 is 0 Å². The molecule has 0 fully saturated rings. The zero-order chi connectivity index (χ0) is 11.2. The van der Waals surface area contributed by atoms with Gasteiger partial charge in [-0.05, 0) is 6.42 Å². The predicted octanol–water partition coefficient (Wildman–Crippen LogP) is 4.46. The second-order valence-corrected chi connectivity index (χ2v) is 3.49. The fourth-order valence-corrected chi connectivity index (χ4v) is 1.13. The summed E-state index contributed by atoms with van der Waals surface area (Å²) in [6, 6.07) is 0. The molecule has 0 bridgehead atoms. The Balaban J connectivity index is 0. The van der Waals surface area contributed by atoms with E-state index < -0.39 is 0 Å². The SMILES string of the molecule is ClCCCCl.[C-]1=CC=CC1.[C-]1=CC=CC1.[Zr+2]. The summed E-state index contributed by atoms with van der Waals surface area (Å²) in [6.07, 6.45) is 20.9. The van der Waals surface area contributed by atoms with E-state index in [4.69, 9.17) is 23.2 Å². The fourth-order valence-electron chi connectivity index (χ4n) is 0.731. The first-order valence-corrected chi connectivity index (χ1v) is 6.04. The second-order valence-electron chi connectivity index (χ2n) is 2.74. The third kappa shape index (κ3) is 16.8. The molecule has 86 valence electrons. The van der Waals surface area contributed by atoms with E-state index in [-0.39, 0.29) is 26.2 Å². The van der Waals surface area contributed by atoms with E-state index in [2.05, 4.69) is 24.3 Å². The van der Waals surface area contributed by atoms with Crippen molar-refractivity contribution in [1.82, 2.24) is 0 Å². The van der Waals surface area contributed by atoms with E-state index in [9.17, 15) is 0 Å². The van der Waals surface area contributed by atoms with Crippen molar-refractivity contribution < 1.29 is 26.2 Å². The molecule has 0 aliphatic heterocycles. The van der Waals surface area contributed by atoms with Crippen LogP contribution in [0, 0.1) is 12.2 Å². The summed E-state index contributed by atoms with van der Waals surface area (Å²) in [6.45, 7) is 0. The molecular formula is C13H16Cl2Zr. The van der Waals surface area contributed by atoms with Crippen molar-refractivity contribution in [3.8, 4) is 0 Å². The maximum absolute atomic E-state index is 5.22. The van der Waals surface area contributed by atoms with Gasteiger partial charge in [-0.3, -0.25) is 12.2 Å². The number of rotatable bonds is 2. The van der Waals surface area contributed by atoms with Gasteiger partial charge in [0.2, 0.25) is 0 Å². The summed E-state index contributed by atoms with van der Waals surface area (Å²) in [7, 11) is 0. The second kappa shape index (κ2) is 17.8. The first-order valence-electron chi connectivity index (χ1n) is 4.97. The maximum atomic E-state index is 5.22. The Bertz CT molecular complexity index is 186. The monoisotopic (exact) mass is 332 g/mol. The third-order valence-electron chi connectivity index (χ3n) is 1.44. The van der Waals surface area contributed by atoms with Gasteiger partial charge in [-0.15, -0.1) is 36.0 Å². The topological polar surface area (TPSA) is 0 Å². The van der Waals surface area contributed by atoms with Gasteiger partial charge < -0.3 is 0 Å². The van der Waals surface area contributed by atoms with Gasteiger partial charge in [0, 0.05) is 11.8 Å². The van der Waals surface area contributed by atoms with Gasteiger partial charge in [-0.2, -0.15) is 12.2 Å². The van der Waals surface area contributed by atoms with Crippen LogP contribution in [0.25, 0.3) is 0 Å². The molecule has 2 aliphatic rings. The van der Waals surface area contributed by atoms with Gasteiger partial charge in [0.25, 0.3) is 0 Å². The normalized spacial score (nSPS) is 13.6. The van der Waals surface area contributed by atoms with Crippen molar-refractivity contribution >= 4 is 23.2 Å². The molecule has 0 nitrogen and oxygen atoms in total. The van der Waals surface area contributed by atoms with E-state index in [1.54, 1.807) is 0 Å². The molecule has 0 aromatic rings. The molecule has 0 aromatic carbocycles. The number of hydrogen-bond donors (Lipinski definition) is 0. The zero-order valence-corrected chi connectivity index (χ0v) is 13.2. The van der Waals surface area contributed by atoms with Gasteiger partial charge in [0.15, 0.2) is 0 Å². The molecule has 0 atom stereocenters. The minimum absolute atomic E-state index is 0. The van der Waals surface area contributed by atoms with Gasteiger partial charge in [0.05, 0.1) is 0 Å². The first-order chi connectivity index (χ1) is 7.41. The Kier molecular flexibility index (Phi) is 20.9. The average Bonchev–Trinajstić information content (AvgIpc) is 2.99. The number of allylic oxidation sites excluding steroid dienone is 8. The Morgan fingerprint density at radius 1 is 0.875 bits per heavy atom. The summed E-state index contributed by atoms with van der Waals surface area (Å²) in [5, 5.41) is 0. The van der Waals surface area contributed by atoms with Gasteiger partial charge in [-0.1, -0.05) is 0 Å². The largest absolute Gasteiger partial charge is 2.00 e. The van der Waals surface area contributed by atoms with Crippen LogP contribution in [0.15, 0.2) is 36.5 Å². The van der Waals surface area contributed by atoms with Gasteiger partial charge in [-0.25, -0.2) is 24.3 Å². The molecule has 2 rings (SSSR count). The molecule has 0 saturated carbocycles. The Hall–Kier alpha value is 0.423. The van der Waals surface area contributed by atoms with Crippen molar-refractivity contribution in [3.63, 3.8) is 0 Å².